The molecule has 0 saturated heterocycles. The zero-order valence-corrected chi connectivity index (χ0v) is 10.4. The summed E-state index contributed by atoms with van der Waals surface area (Å²) in [5.41, 5.74) is 5.81. The average molecular weight is 228 g/mol. The van der Waals surface area contributed by atoms with E-state index in [1.54, 1.807) is 4.90 Å². The Kier molecular flexibility index (Phi) is 5.77. The topological polar surface area (TPSA) is 55.6 Å². The molecule has 0 spiro atoms. The van der Waals surface area contributed by atoms with Gasteiger partial charge in [-0.2, -0.15) is 0 Å². The van der Waals surface area contributed by atoms with Crippen LogP contribution < -0.4 is 5.73 Å². The van der Waals surface area contributed by atoms with E-state index in [1.807, 2.05) is 13.8 Å². The van der Waals surface area contributed by atoms with Gasteiger partial charge in [-0.15, -0.1) is 0 Å². The molecule has 1 fully saturated rings. The van der Waals surface area contributed by atoms with Crippen molar-refractivity contribution in [3.05, 3.63) is 0 Å². The van der Waals surface area contributed by atoms with E-state index in [2.05, 4.69) is 0 Å². The van der Waals surface area contributed by atoms with Crippen molar-refractivity contribution in [1.82, 2.24) is 4.90 Å². The molecular formula is C12H24N2O2. The highest BCUT2D eigenvalue weighted by Gasteiger charge is 2.20. The summed E-state index contributed by atoms with van der Waals surface area (Å²) < 4.78 is 5.63. The molecular weight excluding hydrogens is 204 g/mol. The first-order valence-corrected chi connectivity index (χ1v) is 6.32. The summed E-state index contributed by atoms with van der Waals surface area (Å²) in [5.74, 6) is 0.0971. The number of amides is 1. The van der Waals surface area contributed by atoms with E-state index in [1.165, 1.54) is 0 Å². The van der Waals surface area contributed by atoms with Crippen LogP contribution in [0, 0.1) is 0 Å². The molecule has 0 heterocycles. The molecule has 0 bridgehead atoms. The fraction of sp³-hybridized carbons (Fsp3) is 0.917. The van der Waals surface area contributed by atoms with Crippen molar-refractivity contribution < 1.29 is 9.53 Å². The predicted molar refractivity (Wildman–Crippen MR) is 64.1 cm³/mol. The number of carbonyl (C=O) groups excluding carboxylic acids is 1. The van der Waals surface area contributed by atoms with E-state index in [0.29, 0.717) is 6.04 Å². The first kappa shape index (κ1) is 13.5. The first-order valence-electron chi connectivity index (χ1n) is 6.32. The summed E-state index contributed by atoms with van der Waals surface area (Å²) in [6.45, 7) is 5.71. The third kappa shape index (κ3) is 4.10. The lowest BCUT2D eigenvalue weighted by atomic mass is 9.94. The van der Waals surface area contributed by atoms with Crippen LogP contribution in [0.3, 0.4) is 0 Å². The lowest BCUT2D eigenvalue weighted by Gasteiger charge is -2.27. The van der Waals surface area contributed by atoms with E-state index in [4.69, 9.17) is 10.5 Å². The van der Waals surface area contributed by atoms with Gasteiger partial charge in [-0.1, -0.05) is 0 Å². The molecule has 0 aromatic carbocycles. The van der Waals surface area contributed by atoms with Crippen molar-refractivity contribution in [2.45, 2.75) is 51.7 Å². The molecule has 16 heavy (non-hydrogen) atoms. The highest BCUT2D eigenvalue weighted by Crippen LogP contribution is 2.19. The molecule has 1 rings (SSSR count). The Morgan fingerprint density at radius 1 is 1.25 bits per heavy atom. The monoisotopic (exact) mass is 228 g/mol. The quantitative estimate of drug-likeness (QED) is 0.767. The SMILES string of the molecule is CCN(CC)C(=O)COC1CCC(N)CC1. The lowest BCUT2D eigenvalue weighted by molar-refractivity contribution is -0.138. The van der Waals surface area contributed by atoms with Gasteiger partial charge in [0.15, 0.2) is 0 Å². The maximum absolute atomic E-state index is 11.7. The van der Waals surface area contributed by atoms with Crippen LogP contribution in [-0.4, -0.2) is 42.6 Å². The van der Waals surface area contributed by atoms with Crippen LogP contribution in [0.15, 0.2) is 0 Å². The molecule has 0 unspecified atom stereocenters. The fourth-order valence-electron chi connectivity index (χ4n) is 2.11. The van der Waals surface area contributed by atoms with Crippen molar-refractivity contribution in [3.63, 3.8) is 0 Å². The van der Waals surface area contributed by atoms with Gasteiger partial charge in [-0.05, 0) is 39.5 Å². The average Bonchev–Trinajstić information content (AvgIpc) is 2.30. The molecule has 2 N–H and O–H groups in total. The van der Waals surface area contributed by atoms with Crippen molar-refractivity contribution in [2.24, 2.45) is 5.73 Å². The standard InChI is InChI=1S/C12H24N2O2/c1-3-14(4-2)12(15)9-16-11-7-5-10(13)6-8-11/h10-11H,3-9,13H2,1-2H3. The fourth-order valence-corrected chi connectivity index (χ4v) is 2.11. The maximum atomic E-state index is 11.7. The highest BCUT2D eigenvalue weighted by atomic mass is 16.5. The Morgan fingerprint density at radius 3 is 2.31 bits per heavy atom. The Labute approximate surface area is 98.1 Å². The minimum absolute atomic E-state index is 0.0971. The number of nitrogens with zero attached hydrogens (tertiary/aromatic N) is 1. The van der Waals surface area contributed by atoms with Gasteiger partial charge >= 0.3 is 0 Å². The highest BCUT2D eigenvalue weighted by molar-refractivity contribution is 5.77. The molecule has 0 aromatic heterocycles. The van der Waals surface area contributed by atoms with E-state index < -0.39 is 0 Å². The van der Waals surface area contributed by atoms with Crippen LogP contribution in [0.25, 0.3) is 0 Å². The molecule has 1 amide bonds. The number of hydrogen-bond acceptors (Lipinski definition) is 3. The van der Waals surface area contributed by atoms with Gasteiger partial charge in [0.1, 0.15) is 6.61 Å². The van der Waals surface area contributed by atoms with Crippen molar-refractivity contribution in [3.8, 4) is 0 Å². The molecule has 1 saturated carbocycles. The van der Waals surface area contributed by atoms with E-state index >= 15 is 0 Å². The van der Waals surface area contributed by atoms with E-state index in [-0.39, 0.29) is 18.6 Å². The summed E-state index contributed by atoms with van der Waals surface area (Å²) in [7, 11) is 0. The Balaban J connectivity index is 2.21. The molecule has 0 radical (unpaired) electrons. The van der Waals surface area contributed by atoms with Crippen LogP contribution in [-0.2, 0) is 9.53 Å². The molecule has 4 nitrogen and oxygen atoms in total. The maximum Gasteiger partial charge on any atom is 0.248 e. The van der Waals surface area contributed by atoms with Crippen molar-refractivity contribution in [1.29, 1.82) is 0 Å². The van der Waals surface area contributed by atoms with Crippen LogP contribution in [0.2, 0.25) is 0 Å². The number of rotatable bonds is 5. The number of ether oxygens (including phenoxy) is 1. The van der Waals surface area contributed by atoms with E-state index in [9.17, 15) is 4.79 Å². The largest absolute Gasteiger partial charge is 0.368 e. The van der Waals surface area contributed by atoms with Crippen LogP contribution in [0.1, 0.15) is 39.5 Å². The van der Waals surface area contributed by atoms with Crippen LogP contribution in [0.5, 0.6) is 0 Å². The van der Waals surface area contributed by atoms with E-state index in [0.717, 1.165) is 38.8 Å². The number of hydrogen-bond donors (Lipinski definition) is 1. The number of likely N-dealkylation sites (N-methyl/N-ethyl adjacent to an activating group) is 1. The van der Waals surface area contributed by atoms with Crippen LogP contribution >= 0.6 is 0 Å². The Bertz CT molecular complexity index is 209. The molecule has 4 heteroatoms. The van der Waals surface area contributed by atoms with Crippen molar-refractivity contribution in [2.75, 3.05) is 19.7 Å². The third-order valence-corrected chi connectivity index (χ3v) is 3.28. The first-order chi connectivity index (χ1) is 7.67. The second-order valence-electron chi connectivity index (χ2n) is 4.41. The number of carbonyl (C=O) groups is 1. The van der Waals surface area contributed by atoms with Gasteiger partial charge in [0.2, 0.25) is 5.91 Å². The summed E-state index contributed by atoms with van der Waals surface area (Å²) in [6, 6.07) is 0.332. The molecule has 1 aliphatic carbocycles. The Morgan fingerprint density at radius 2 is 1.81 bits per heavy atom. The predicted octanol–water partition coefficient (Wildman–Crippen LogP) is 1.14. The normalized spacial score (nSPS) is 25.4. The van der Waals surface area contributed by atoms with Gasteiger partial charge in [0.25, 0.3) is 0 Å². The van der Waals surface area contributed by atoms with Gasteiger partial charge < -0.3 is 15.4 Å². The zero-order chi connectivity index (χ0) is 12.0. The molecule has 94 valence electrons. The molecule has 0 aromatic rings. The lowest BCUT2D eigenvalue weighted by Crippen LogP contribution is -2.36. The molecule has 0 aliphatic heterocycles. The van der Waals surface area contributed by atoms with Gasteiger partial charge in [-0.25, -0.2) is 0 Å². The van der Waals surface area contributed by atoms with Gasteiger partial charge in [0, 0.05) is 19.1 Å². The Hall–Kier alpha value is -0.610. The zero-order valence-electron chi connectivity index (χ0n) is 10.4. The molecule has 0 atom stereocenters. The van der Waals surface area contributed by atoms with Gasteiger partial charge in [0.05, 0.1) is 6.10 Å². The van der Waals surface area contributed by atoms with Crippen LogP contribution in [0.4, 0.5) is 0 Å². The smallest absolute Gasteiger partial charge is 0.248 e. The minimum Gasteiger partial charge on any atom is -0.368 e. The summed E-state index contributed by atoms with van der Waals surface area (Å²) >= 11 is 0. The van der Waals surface area contributed by atoms with Crippen molar-refractivity contribution >= 4 is 5.91 Å². The summed E-state index contributed by atoms with van der Waals surface area (Å²) in [5, 5.41) is 0. The minimum atomic E-state index is 0.0971. The molecule has 1 aliphatic rings. The summed E-state index contributed by atoms with van der Waals surface area (Å²) in [4.78, 5) is 13.5. The van der Waals surface area contributed by atoms with Gasteiger partial charge in [-0.3, -0.25) is 4.79 Å². The second-order valence-corrected chi connectivity index (χ2v) is 4.41. The summed E-state index contributed by atoms with van der Waals surface area (Å²) in [6.07, 6.45) is 4.26. The third-order valence-electron chi connectivity index (χ3n) is 3.28. The second kappa shape index (κ2) is 6.86. The number of nitrogens with two attached hydrogens (primary N) is 1.